The number of hydrogen-bond donors (Lipinski definition) is 1. The number of piperidine rings is 1. The zero-order valence-electron chi connectivity index (χ0n) is 11.7. The van der Waals surface area contributed by atoms with E-state index in [1.54, 1.807) is 12.1 Å². The molecule has 1 aliphatic rings. The van der Waals surface area contributed by atoms with Gasteiger partial charge in [0, 0.05) is 22.6 Å². The number of carbonyl (C=O) groups is 1. The van der Waals surface area contributed by atoms with Crippen LogP contribution in [-0.2, 0) is 0 Å². The molecule has 1 N–H and O–H groups in total. The van der Waals surface area contributed by atoms with E-state index in [0.717, 1.165) is 36.8 Å². The lowest BCUT2D eigenvalue weighted by Gasteiger charge is -2.36. The Morgan fingerprint density at radius 3 is 3.00 bits per heavy atom. The molecular formula is C15H20BrClN2O. The molecule has 1 amide bonds. The smallest absolute Gasteiger partial charge is 0.254 e. The molecule has 5 heteroatoms. The summed E-state index contributed by atoms with van der Waals surface area (Å²) in [4.78, 5) is 14.7. The maximum Gasteiger partial charge on any atom is 0.254 e. The molecule has 0 aromatic heterocycles. The van der Waals surface area contributed by atoms with Gasteiger partial charge in [0.05, 0.1) is 5.02 Å². The van der Waals surface area contributed by atoms with Crippen LogP contribution in [-0.4, -0.2) is 37.0 Å². The Labute approximate surface area is 133 Å². The fourth-order valence-electron chi connectivity index (χ4n) is 2.67. The highest BCUT2D eigenvalue weighted by Gasteiger charge is 2.27. The summed E-state index contributed by atoms with van der Waals surface area (Å²) in [6.45, 7) is 1.80. The summed E-state index contributed by atoms with van der Waals surface area (Å²) >= 11 is 9.37. The predicted molar refractivity (Wildman–Crippen MR) is 86.4 cm³/mol. The molecule has 1 unspecified atom stereocenters. The number of nitrogens with one attached hydrogen (secondary N) is 1. The van der Waals surface area contributed by atoms with E-state index >= 15 is 0 Å². The third kappa shape index (κ3) is 3.74. The molecule has 0 radical (unpaired) electrons. The zero-order chi connectivity index (χ0) is 14.5. The van der Waals surface area contributed by atoms with Gasteiger partial charge in [-0.1, -0.05) is 11.6 Å². The summed E-state index contributed by atoms with van der Waals surface area (Å²) in [7, 11) is 1.95. The summed E-state index contributed by atoms with van der Waals surface area (Å²) < 4.78 is 0.772. The molecule has 1 aromatic carbocycles. The molecule has 1 aliphatic heterocycles. The Hall–Kier alpha value is -0.580. The van der Waals surface area contributed by atoms with E-state index in [2.05, 4.69) is 21.2 Å². The van der Waals surface area contributed by atoms with Crippen molar-refractivity contribution < 1.29 is 4.79 Å². The van der Waals surface area contributed by atoms with E-state index in [-0.39, 0.29) is 5.91 Å². The molecule has 0 saturated carbocycles. The first-order valence-electron chi connectivity index (χ1n) is 7.04. The highest BCUT2D eigenvalue weighted by molar-refractivity contribution is 9.10. The molecule has 20 heavy (non-hydrogen) atoms. The van der Waals surface area contributed by atoms with Crippen LogP contribution >= 0.6 is 27.5 Å². The van der Waals surface area contributed by atoms with Crippen molar-refractivity contribution in [2.24, 2.45) is 0 Å². The molecule has 110 valence electrons. The summed E-state index contributed by atoms with van der Waals surface area (Å²) in [5.41, 5.74) is 0.706. The van der Waals surface area contributed by atoms with Gasteiger partial charge in [-0.15, -0.1) is 0 Å². The highest BCUT2D eigenvalue weighted by Crippen LogP contribution is 2.26. The maximum absolute atomic E-state index is 12.7. The van der Waals surface area contributed by atoms with E-state index in [4.69, 9.17) is 11.6 Å². The number of hydrogen-bond acceptors (Lipinski definition) is 2. The maximum atomic E-state index is 12.7. The average Bonchev–Trinajstić information content (AvgIpc) is 2.47. The van der Waals surface area contributed by atoms with Crippen molar-refractivity contribution in [2.45, 2.75) is 31.7 Å². The molecule has 1 atom stereocenters. The second kappa shape index (κ2) is 7.43. The Morgan fingerprint density at radius 2 is 2.30 bits per heavy atom. The van der Waals surface area contributed by atoms with Crippen LogP contribution < -0.4 is 5.32 Å². The minimum Gasteiger partial charge on any atom is -0.336 e. The van der Waals surface area contributed by atoms with E-state index in [1.165, 1.54) is 6.42 Å². The van der Waals surface area contributed by atoms with Gasteiger partial charge >= 0.3 is 0 Å². The van der Waals surface area contributed by atoms with Crippen LogP contribution in [0.1, 0.15) is 36.0 Å². The SMILES string of the molecule is CNCCC1CCCCN1C(=O)c1ccc(Cl)c(Br)c1. The van der Waals surface area contributed by atoms with E-state index in [1.807, 2.05) is 18.0 Å². The number of nitrogens with zero attached hydrogens (tertiary/aromatic N) is 1. The molecular weight excluding hydrogens is 340 g/mol. The van der Waals surface area contributed by atoms with Crippen LogP contribution in [0.3, 0.4) is 0 Å². The van der Waals surface area contributed by atoms with Crippen LogP contribution in [0.2, 0.25) is 5.02 Å². The van der Waals surface area contributed by atoms with Gasteiger partial charge in [0.15, 0.2) is 0 Å². The highest BCUT2D eigenvalue weighted by atomic mass is 79.9. The Kier molecular flexibility index (Phi) is 5.87. The number of benzene rings is 1. The molecule has 3 nitrogen and oxygen atoms in total. The lowest BCUT2D eigenvalue weighted by molar-refractivity contribution is 0.0602. The minimum absolute atomic E-state index is 0.114. The van der Waals surface area contributed by atoms with Crippen LogP contribution in [0.25, 0.3) is 0 Å². The van der Waals surface area contributed by atoms with Gasteiger partial charge in [-0.3, -0.25) is 4.79 Å². The summed E-state index contributed by atoms with van der Waals surface area (Å²) in [6, 6.07) is 5.73. The summed E-state index contributed by atoms with van der Waals surface area (Å²) in [6.07, 6.45) is 4.41. The largest absolute Gasteiger partial charge is 0.336 e. The standard InChI is InChI=1S/C15H20BrClN2O/c1-18-8-7-12-4-2-3-9-19(12)15(20)11-5-6-14(17)13(16)10-11/h5-6,10,12,18H,2-4,7-9H2,1H3. The average molecular weight is 360 g/mol. The number of amides is 1. The van der Waals surface area contributed by atoms with Gasteiger partial charge in [0.2, 0.25) is 0 Å². The predicted octanol–water partition coefficient (Wildman–Crippen LogP) is 3.71. The molecule has 1 saturated heterocycles. The minimum atomic E-state index is 0.114. The molecule has 1 heterocycles. The van der Waals surface area contributed by atoms with E-state index in [9.17, 15) is 4.79 Å². The first-order valence-corrected chi connectivity index (χ1v) is 8.21. The van der Waals surface area contributed by atoms with Gasteiger partial charge in [0.1, 0.15) is 0 Å². The second-order valence-corrected chi connectivity index (χ2v) is 6.43. The number of rotatable bonds is 4. The Bertz CT molecular complexity index is 481. The van der Waals surface area contributed by atoms with E-state index < -0.39 is 0 Å². The van der Waals surface area contributed by atoms with Crippen molar-refractivity contribution in [3.8, 4) is 0 Å². The van der Waals surface area contributed by atoms with Crippen molar-refractivity contribution in [1.82, 2.24) is 10.2 Å². The third-order valence-corrected chi connectivity index (χ3v) is 5.00. The van der Waals surface area contributed by atoms with Crippen LogP contribution in [0.5, 0.6) is 0 Å². The first kappa shape index (κ1) is 15.8. The normalized spacial score (nSPS) is 19.1. The third-order valence-electron chi connectivity index (χ3n) is 3.78. The summed E-state index contributed by atoms with van der Waals surface area (Å²) in [5.74, 6) is 0.114. The molecule has 0 spiro atoms. The van der Waals surface area contributed by atoms with Crippen molar-refractivity contribution in [3.05, 3.63) is 33.3 Å². The first-order chi connectivity index (χ1) is 9.63. The number of carbonyl (C=O) groups excluding carboxylic acids is 1. The van der Waals surface area contributed by atoms with Crippen LogP contribution in [0.15, 0.2) is 22.7 Å². The lowest BCUT2D eigenvalue weighted by atomic mass is 9.98. The molecule has 1 fully saturated rings. The quantitative estimate of drug-likeness (QED) is 0.889. The topological polar surface area (TPSA) is 32.3 Å². The fourth-order valence-corrected chi connectivity index (χ4v) is 3.17. The van der Waals surface area contributed by atoms with Crippen LogP contribution in [0, 0.1) is 0 Å². The number of halogens is 2. The van der Waals surface area contributed by atoms with Gasteiger partial charge in [-0.05, 0) is 73.4 Å². The van der Waals surface area contributed by atoms with Gasteiger partial charge < -0.3 is 10.2 Å². The Morgan fingerprint density at radius 1 is 1.50 bits per heavy atom. The van der Waals surface area contributed by atoms with Crippen molar-refractivity contribution in [2.75, 3.05) is 20.1 Å². The second-order valence-electron chi connectivity index (χ2n) is 5.17. The molecule has 2 rings (SSSR count). The summed E-state index contributed by atoms with van der Waals surface area (Å²) in [5, 5.41) is 3.80. The van der Waals surface area contributed by atoms with Crippen molar-refractivity contribution >= 4 is 33.4 Å². The fraction of sp³-hybridized carbons (Fsp3) is 0.533. The zero-order valence-corrected chi connectivity index (χ0v) is 14.0. The van der Waals surface area contributed by atoms with Crippen molar-refractivity contribution in [3.63, 3.8) is 0 Å². The number of likely N-dealkylation sites (tertiary alicyclic amines) is 1. The van der Waals surface area contributed by atoms with Gasteiger partial charge in [0.25, 0.3) is 5.91 Å². The van der Waals surface area contributed by atoms with Crippen molar-refractivity contribution in [1.29, 1.82) is 0 Å². The Balaban J connectivity index is 2.14. The lowest BCUT2D eigenvalue weighted by Crippen LogP contribution is -2.44. The molecule has 0 aliphatic carbocycles. The monoisotopic (exact) mass is 358 g/mol. The van der Waals surface area contributed by atoms with E-state index in [0.29, 0.717) is 16.6 Å². The van der Waals surface area contributed by atoms with Gasteiger partial charge in [-0.2, -0.15) is 0 Å². The molecule has 0 bridgehead atoms. The van der Waals surface area contributed by atoms with Gasteiger partial charge in [-0.25, -0.2) is 0 Å². The van der Waals surface area contributed by atoms with Crippen LogP contribution in [0.4, 0.5) is 0 Å². The molecule has 1 aromatic rings.